The number of hydrogen-bond acceptors (Lipinski definition) is 2. The quantitative estimate of drug-likeness (QED) is 0.240. The third-order valence-corrected chi connectivity index (χ3v) is 7.20. The third-order valence-electron chi connectivity index (χ3n) is 5.90. The van der Waals surface area contributed by atoms with E-state index >= 15 is 0 Å². The summed E-state index contributed by atoms with van der Waals surface area (Å²) in [5, 5.41) is 0. The van der Waals surface area contributed by atoms with E-state index in [4.69, 9.17) is 5.73 Å². The van der Waals surface area contributed by atoms with Gasteiger partial charge in [0.2, 0.25) is 0 Å². The summed E-state index contributed by atoms with van der Waals surface area (Å²) in [6.45, 7) is 0. The first-order valence-corrected chi connectivity index (χ1v) is 14.8. The van der Waals surface area contributed by atoms with Gasteiger partial charge in [-0.3, -0.25) is 0 Å². The normalized spacial score (nSPS) is 16.9. The van der Waals surface area contributed by atoms with Gasteiger partial charge in [0.25, 0.3) is 0 Å². The van der Waals surface area contributed by atoms with Crippen LogP contribution in [0, 0.1) is 13.3 Å². The van der Waals surface area contributed by atoms with Crippen LogP contribution < -0.4 is 0 Å². The van der Waals surface area contributed by atoms with Crippen LogP contribution in [-0.2, 0) is 27.3 Å². The minimum atomic E-state index is -3.60. The van der Waals surface area contributed by atoms with Crippen LogP contribution in [0.5, 0.6) is 0 Å². The fourth-order valence-corrected chi connectivity index (χ4v) is 5.50. The first kappa shape index (κ1) is 29.3. The van der Waals surface area contributed by atoms with Crippen LogP contribution >= 0.6 is 9.69 Å². The molecule has 2 atom stereocenters. The molecular weight excluding hydrogens is 529 g/mol. The molecule has 2 aromatic carbocycles. The van der Waals surface area contributed by atoms with Gasteiger partial charge in [-0.25, -0.2) is 8.42 Å². The van der Waals surface area contributed by atoms with Crippen molar-refractivity contribution >= 4 is 19.7 Å². The van der Waals surface area contributed by atoms with Crippen molar-refractivity contribution in [3.63, 3.8) is 0 Å². The number of rotatable bonds is 8. The van der Waals surface area contributed by atoms with Gasteiger partial charge >= 0.3 is 27.0 Å². The van der Waals surface area contributed by atoms with Gasteiger partial charge in [-0.1, -0.05) is 117 Å². The second kappa shape index (κ2) is 16.0. The Morgan fingerprint density at radius 3 is 1.88 bits per heavy atom. The van der Waals surface area contributed by atoms with Crippen LogP contribution in [0.1, 0.15) is 74.6 Å². The molecule has 1 aliphatic rings. The summed E-state index contributed by atoms with van der Waals surface area (Å²) >= 11 is 1.82. The predicted molar refractivity (Wildman–Crippen MR) is 133 cm³/mol. The molecule has 0 saturated heterocycles. The zero-order chi connectivity index (χ0) is 22.5. The molecule has 0 bridgehead atoms. The van der Waals surface area contributed by atoms with Crippen molar-refractivity contribution in [2.45, 2.75) is 63.5 Å². The van der Waals surface area contributed by atoms with E-state index < -0.39 is 22.1 Å². The SMILES string of the molecule is [CH3-].[Cl][Ru+3].[NH-]C(c1ccccc1)C([N-]S(=O)(=O)CCC1CCCCCCC1)c1ccccc1. The van der Waals surface area contributed by atoms with Gasteiger partial charge in [0.15, 0.2) is 0 Å². The molecule has 2 unspecified atom stereocenters. The van der Waals surface area contributed by atoms with Crippen molar-refractivity contribution in [3.8, 4) is 0 Å². The number of hydrogen-bond donors (Lipinski definition) is 0. The summed E-state index contributed by atoms with van der Waals surface area (Å²) in [4.78, 5) is 0. The van der Waals surface area contributed by atoms with Crippen molar-refractivity contribution in [2.75, 3.05) is 5.75 Å². The summed E-state index contributed by atoms with van der Waals surface area (Å²) in [5.74, 6) is 0.569. The van der Waals surface area contributed by atoms with Crippen LogP contribution in [0.4, 0.5) is 0 Å². The van der Waals surface area contributed by atoms with Crippen LogP contribution in [-0.4, -0.2) is 14.2 Å². The van der Waals surface area contributed by atoms with Crippen molar-refractivity contribution < 1.29 is 25.7 Å². The summed E-state index contributed by atoms with van der Waals surface area (Å²) in [5.41, 5.74) is 10.3. The van der Waals surface area contributed by atoms with Crippen molar-refractivity contribution in [1.82, 2.24) is 0 Å². The third kappa shape index (κ3) is 10.0. The average molecular weight is 564 g/mol. The van der Waals surface area contributed by atoms with Crippen molar-refractivity contribution in [1.29, 1.82) is 0 Å². The standard InChI is InChI=1S/C24H32N2O2S.CH3.ClH.Ru/c25-23(21-14-8-4-9-15-21)24(22-16-10-5-11-17-22)26-29(27,28)19-18-20-12-6-2-1-3-7-13-20;;;/h4-5,8-11,14-17,20,23-25H,1-3,6-7,12-13,18-19H2;1H3;1H;/q-2;-1;;+4/p-1. The van der Waals surface area contributed by atoms with E-state index in [1.165, 1.54) is 32.1 Å². The molecule has 0 aliphatic heterocycles. The van der Waals surface area contributed by atoms with Gasteiger partial charge in [0, 0.05) is 5.75 Å². The summed E-state index contributed by atoms with van der Waals surface area (Å²) in [7, 11) is 0.972. The second-order valence-corrected chi connectivity index (χ2v) is 9.92. The molecule has 7 heteroatoms. The molecule has 0 amide bonds. The van der Waals surface area contributed by atoms with Crippen LogP contribution in [0.2, 0.25) is 0 Å². The van der Waals surface area contributed by atoms with Gasteiger partial charge in [-0.15, -0.1) is 12.1 Å². The minimum Gasteiger partial charge on any atom is -0.672 e. The zero-order valence-electron chi connectivity index (χ0n) is 18.8. The van der Waals surface area contributed by atoms with Gasteiger partial charge in [0.05, 0.1) is 10.0 Å². The van der Waals surface area contributed by atoms with Gasteiger partial charge in [-0.2, -0.15) is 0 Å². The molecule has 0 aromatic heterocycles. The first-order chi connectivity index (χ1) is 15.1. The fraction of sp³-hybridized carbons (Fsp3) is 0.480. The van der Waals surface area contributed by atoms with Crippen molar-refractivity contribution in [3.05, 3.63) is 89.7 Å². The van der Waals surface area contributed by atoms with Crippen molar-refractivity contribution in [2.24, 2.45) is 5.92 Å². The Bertz CT molecular complexity index is 830. The number of nitrogens with one attached hydrogen (secondary N) is 1. The van der Waals surface area contributed by atoms with E-state index in [9.17, 15) is 8.42 Å². The molecular formula is C25H35ClN2O2RuS. The van der Waals surface area contributed by atoms with E-state index in [2.05, 4.69) is 14.4 Å². The minimum absolute atomic E-state index is 0. The molecule has 0 radical (unpaired) electrons. The first-order valence-electron chi connectivity index (χ1n) is 10.9. The van der Waals surface area contributed by atoms with E-state index in [0.29, 0.717) is 12.3 Å². The summed E-state index contributed by atoms with van der Waals surface area (Å²) < 4.78 is 30.1. The van der Waals surface area contributed by atoms with E-state index in [1.54, 1.807) is 0 Å². The number of sulfonamides is 1. The van der Waals surface area contributed by atoms with E-state index in [0.717, 1.165) is 24.0 Å². The van der Waals surface area contributed by atoms with E-state index in [-0.39, 0.29) is 13.2 Å². The Balaban J connectivity index is 0.00000166. The largest absolute Gasteiger partial charge is 0.672 e. The Kier molecular flexibility index (Phi) is 14.6. The smallest absolute Gasteiger partial charge is 0.0725 e. The second-order valence-electron chi connectivity index (χ2n) is 8.14. The molecule has 4 nitrogen and oxygen atoms in total. The van der Waals surface area contributed by atoms with Crippen LogP contribution in [0.3, 0.4) is 0 Å². The Morgan fingerprint density at radius 1 is 0.875 bits per heavy atom. The van der Waals surface area contributed by atoms with Crippen LogP contribution in [0.25, 0.3) is 10.5 Å². The number of benzene rings is 2. The molecule has 1 N–H and O–H groups in total. The number of nitrogens with zero attached hydrogens (tertiary/aromatic N) is 1. The Morgan fingerprint density at radius 2 is 1.34 bits per heavy atom. The number of halogens is 1. The monoisotopic (exact) mass is 564 g/mol. The zero-order valence-corrected chi connectivity index (χ0v) is 22.1. The topological polar surface area (TPSA) is 72.0 Å². The van der Waals surface area contributed by atoms with Gasteiger partial charge < -0.3 is 17.9 Å². The van der Waals surface area contributed by atoms with Crippen LogP contribution in [0.15, 0.2) is 60.7 Å². The fourth-order valence-electron chi connectivity index (χ4n) is 4.18. The molecule has 1 fully saturated rings. The molecule has 0 heterocycles. The molecule has 3 rings (SSSR count). The molecule has 1 saturated carbocycles. The Hall–Kier alpha value is -0.777. The summed E-state index contributed by atoms with van der Waals surface area (Å²) in [6.07, 6.45) is 9.19. The summed E-state index contributed by atoms with van der Waals surface area (Å²) in [6, 6.07) is 17.3. The maximum absolute atomic E-state index is 12.9. The maximum Gasteiger partial charge on any atom is 0.0725 e. The molecule has 2 aromatic rings. The Labute approximate surface area is 209 Å². The molecule has 1 aliphatic carbocycles. The average Bonchev–Trinajstić information content (AvgIpc) is 2.79. The van der Waals surface area contributed by atoms with Gasteiger partial charge in [-0.05, 0) is 12.3 Å². The molecule has 32 heavy (non-hydrogen) atoms. The molecule has 0 spiro atoms. The predicted octanol–water partition coefficient (Wildman–Crippen LogP) is 8.11. The maximum atomic E-state index is 12.9. The molecule has 178 valence electrons. The van der Waals surface area contributed by atoms with Gasteiger partial charge in [0.1, 0.15) is 0 Å². The van der Waals surface area contributed by atoms with E-state index in [1.807, 2.05) is 78.0 Å².